The van der Waals surface area contributed by atoms with Gasteiger partial charge in [-0.15, -0.1) is 0 Å². The van der Waals surface area contributed by atoms with Gasteiger partial charge in [-0.05, 0) is 30.7 Å². The molecule has 4 rings (SSSR count). The highest BCUT2D eigenvalue weighted by Crippen LogP contribution is 2.38. The van der Waals surface area contributed by atoms with E-state index in [4.69, 9.17) is 4.74 Å². The molecule has 2 heterocycles. The molecule has 0 saturated heterocycles. The molecule has 24 heavy (non-hydrogen) atoms. The normalized spacial score (nSPS) is 27.6. The zero-order valence-electron chi connectivity index (χ0n) is 13.6. The Kier molecular flexibility index (Phi) is 3.45. The van der Waals surface area contributed by atoms with Gasteiger partial charge in [0.1, 0.15) is 17.5 Å². The van der Waals surface area contributed by atoms with E-state index >= 15 is 0 Å². The second-order valence-corrected chi connectivity index (χ2v) is 6.47. The minimum atomic E-state index is -0.721. The molecule has 0 unspecified atom stereocenters. The number of anilines is 1. The number of nitrogens with zero attached hydrogens (tertiary/aromatic N) is 2. The number of hydrogen-bond donors (Lipinski definition) is 3. The standard InChI is InChI=1S/C17H20N4O3/c1-9-3-4-13-10(7-9)19-15-14(24-13)8-11(16(15)22)20-17(23)12-5-6-18-21(12)2/h3-7,11,14-16,19,22H,8H2,1-2H3,(H,20,23)/t11-,14-,15-,16-/m1/s1. The van der Waals surface area contributed by atoms with Crippen molar-refractivity contribution in [2.75, 3.05) is 5.32 Å². The van der Waals surface area contributed by atoms with Gasteiger partial charge in [-0.2, -0.15) is 5.10 Å². The quantitative estimate of drug-likeness (QED) is 0.760. The Labute approximate surface area is 139 Å². The van der Waals surface area contributed by atoms with Crippen molar-refractivity contribution in [1.29, 1.82) is 0 Å². The Hall–Kier alpha value is -2.54. The van der Waals surface area contributed by atoms with E-state index in [1.807, 2.05) is 25.1 Å². The Morgan fingerprint density at radius 3 is 3.04 bits per heavy atom. The predicted molar refractivity (Wildman–Crippen MR) is 88.1 cm³/mol. The van der Waals surface area contributed by atoms with Gasteiger partial charge in [0, 0.05) is 19.7 Å². The van der Waals surface area contributed by atoms with Crippen molar-refractivity contribution < 1.29 is 14.6 Å². The second-order valence-electron chi connectivity index (χ2n) is 6.47. The molecule has 0 bridgehead atoms. The number of benzene rings is 1. The SMILES string of the molecule is Cc1ccc2c(c1)N[C@H]1[C@H](O)[C@H](NC(=O)c3ccnn3C)C[C@H]1O2. The number of carbonyl (C=O) groups is 1. The molecule has 3 N–H and O–H groups in total. The van der Waals surface area contributed by atoms with Gasteiger partial charge in [0.2, 0.25) is 0 Å². The minimum Gasteiger partial charge on any atom is -0.486 e. The highest BCUT2D eigenvalue weighted by molar-refractivity contribution is 5.92. The molecular weight excluding hydrogens is 308 g/mol. The lowest BCUT2D eigenvalue weighted by Crippen LogP contribution is -2.47. The molecule has 2 aliphatic rings. The van der Waals surface area contributed by atoms with Crippen LogP contribution in [0.1, 0.15) is 22.5 Å². The van der Waals surface area contributed by atoms with Gasteiger partial charge >= 0.3 is 0 Å². The summed E-state index contributed by atoms with van der Waals surface area (Å²) in [5, 5.41) is 20.9. The average Bonchev–Trinajstić information content (AvgIpc) is 3.10. The number of carbonyl (C=O) groups excluding carboxylic acids is 1. The van der Waals surface area contributed by atoms with Crippen molar-refractivity contribution in [3.63, 3.8) is 0 Å². The van der Waals surface area contributed by atoms with Crippen molar-refractivity contribution in [1.82, 2.24) is 15.1 Å². The summed E-state index contributed by atoms with van der Waals surface area (Å²) in [4.78, 5) is 12.4. The van der Waals surface area contributed by atoms with E-state index in [9.17, 15) is 9.90 Å². The van der Waals surface area contributed by atoms with E-state index in [2.05, 4.69) is 15.7 Å². The number of nitrogens with one attached hydrogen (secondary N) is 2. The Balaban J connectivity index is 1.50. The van der Waals surface area contributed by atoms with Gasteiger partial charge in [-0.3, -0.25) is 9.48 Å². The fourth-order valence-electron chi connectivity index (χ4n) is 3.49. The molecule has 7 nitrogen and oxygen atoms in total. The summed E-state index contributed by atoms with van der Waals surface area (Å²) >= 11 is 0. The minimum absolute atomic E-state index is 0.174. The lowest BCUT2D eigenvalue weighted by Gasteiger charge is -2.32. The van der Waals surface area contributed by atoms with Crippen molar-refractivity contribution in [3.05, 3.63) is 41.7 Å². The van der Waals surface area contributed by atoms with Crippen LogP contribution in [0.5, 0.6) is 5.75 Å². The molecule has 1 aliphatic carbocycles. The van der Waals surface area contributed by atoms with E-state index in [-0.39, 0.29) is 24.1 Å². The second kappa shape index (κ2) is 5.52. The zero-order chi connectivity index (χ0) is 16.8. The maximum Gasteiger partial charge on any atom is 0.269 e. The van der Waals surface area contributed by atoms with Crippen LogP contribution in [0.3, 0.4) is 0 Å². The number of aryl methyl sites for hydroxylation is 2. The number of hydrogen-bond acceptors (Lipinski definition) is 5. The molecular formula is C17H20N4O3. The van der Waals surface area contributed by atoms with Crippen LogP contribution in [0.15, 0.2) is 30.5 Å². The van der Waals surface area contributed by atoms with Crippen molar-refractivity contribution in [2.24, 2.45) is 7.05 Å². The fraction of sp³-hybridized carbons (Fsp3) is 0.412. The number of fused-ring (bicyclic) bond motifs is 2. The molecule has 7 heteroatoms. The molecule has 1 fully saturated rings. The van der Waals surface area contributed by atoms with Crippen LogP contribution in [0.2, 0.25) is 0 Å². The molecule has 1 amide bonds. The van der Waals surface area contributed by atoms with Crippen LogP contribution in [-0.2, 0) is 7.05 Å². The van der Waals surface area contributed by atoms with E-state index in [0.29, 0.717) is 12.1 Å². The van der Waals surface area contributed by atoms with Crippen molar-refractivity contribution in [2.45, 2.75) is 37.6 Å². The van der Waals surface area contributed by atoms with Gasteiger partial charge < -0.3 is 20.5 Å². The Morgan fingerprint density at radius 1 is 1.46 bits per heavy atom. The number of aliphatic hydroxyl groups is 1. The lowest BCUT2D eigenvalue weighted by molar-refractivity contribution is 0.0844. The number of rotatable bonds is 2. The maximum absolute atomic E-state index is 12.4. The third kappa shape index (κ3) is 2.41. The van der Waals surface area contributed by atoms with Crippen LogP contribution in [0.25, 0.3) is 0 Å². The summed E-state index contributed by atoms with van der Waals surface area (Å²) in [7, 11) is 1.71. The number of ether oxygens (including phenoxy) is 1. The van der Waals surface area contributed by atoms with Gasteiger partial charge in [0.25, 0.3) is 5.91 Å². The van der Waals surface area contributed by atoms with Crippen LogP contribution in [-0.4, -0.2) is 45.1 Å². The molecule has 126 valence electrons. The molecule has 1 aromatic carbocycles. The molecule has 1 aliphatic heterocycles. The third-order valence-electron chi connectivity index (χ3n) is 4.77. The van der Waals surface area contributed by atoms with Gasteiger partial charge in [-0.1, -0.05) is 6.07 Å². The van der Waals surface area contributed by atoms with Gasteiger partial charge in [-0.25, -0.2) is 0 Å². The van der Waals surface area contributed by atoms with E-state index in [1.165, 1.54) is 4.68 Å². The molecule has 4 atom stereocenters. The first kappa shape index (κ1) is 15.0. The molecule has 0 spiro atoms. The average molecular weight is 328 g/mol. The third-order valence-corrected chi connectivity index (χ3v) is 4.77. The van der Waals surface area contributed by atoms with Gasteiger partial charge in [0.15, 0.2) is 0 Å². The largest absolute Gasteiger partial charge is 0.486 e. The first-order valence-corrected chi connectivity index (χ1v) is 8.04. The summed E-state index contributed by atoms with van der Waals surface area (Å²) in [5.41, 5.74) is 2.47. The highest BCUT2D eigenvalue weighted by atomic mass is 16.5. The number of aliphatic hydroxyl groups excluding tert-OH is 1. The van der Waals surface area contributed by atoms with Crippen molar-refractivity contribution in [3.8, 4) is 5.75 Å². The molecule has 0 radical (unpaired) electrons. The molecule has 1 saturated carbocycles. The summed E-state index contributed by atoms with van der Waals surface area (Å²) in [6.07, 6.45) is 1.23. The first-order chi connectivity index (χ1) is 11.5. The lowest BCUT2D eigenvalue weighted by atomic mass is 10.1. The summed E-state index contributed by atoms with van der Waals surface area (Å²) in [6.45, 7) is 2.01. The topological polar surface area (TPSA) is 88.4 Å². The van der Waals surface area contributed by atoms with E-state index in [1.54, 1.807) is 19.3 Å². The number of amides is 1. The summed E-state index contributed by atoms with van der Waals surface area (Å²) in [6, 6.07) is 6.97. The van der Waals surface area contributed by atoms with E-state index in [0.717, 1.165) is 17.0 Å². The Morgan fingerprint density at radius 2 is 2.29 bits per heavy atom. The molecule has 2 aromatic rings. The molecule has 1 aromatic heterocycles. The first-order valence-electron chi connectivity index (χ1n) is 8.04. The summed E-state index contributed by atoms with van der Waals surface area (Å²) < 4.78 is 7.53. The van der Waals surface area contributed by atoms with Crippen LogP contribution in [0, 0.1) is 6.92 Å². The van der Waals surface area contributed by atoms with Crippen molar-refractivity contribution >= 4 is 11.6 Å². The van der Waals surface area contributed by atoms with Gasteiger partial charge in [0.05, 0.1) is 23.9 Å². The van der Waals surface area contributed by atoms with Crippen LogP contribution < -0.4 is 15.4 Å². The zero-order valence-corrected chi connectivity index (χ0v) is 13.6. The fourth-order valence-corrected chi connectivity index (χ4v) is 3.49. The highest BCUT2D eigenvalue weighted by Gasteiger charge is 2.47. The Bertz CT molecular complexity index is 788. The monoisotopic (exact) mass is 328 g/mol. The van der Waals surface area contributed by atoms with Crippen LogP contribution in [0.4, 0.5) is 5.69 Å². The summed E-state index contributed by atoms with van der Waals surface area (Å²) in [5.74, 6) is 0.540. The van der Waals surface area contributed by atoms with E-state index < -0.39 is 6.10 Å². The smallest absolute Gasteiger partial charge is 0.269 e. The number of aromatic nitrogens is 2. The maximum atomic E-state index is 12.4. The predicted octanol–water partition coefficient (Wildman–Crippen LogP) is 0.833. The van der Waals surface area contributed by atoms with Crippen LogP contribution >= 0.6 is 0 Å².